The van der Waals surface area contributed by atoms with Crippen LogP contribution in [0.4, 0.5) is 8.78 Å². The lowest BCUT2D eigenvalue weighted by molar-refractivity contribution is -0.132. The monoisotopic (exact) mass is 432 g/mol. The lowest BCUT2D eigenvalue weighted by Gasteiger charge is -2.43. The number of benzene rings is 1. The van der Waals surface area contributed by atoms with Crippen LogP contribution in [-0.4, -0.2) is 56.6 Å². The molecule has 0 radical (unpaired) electrons. The molecule has 2 aromatic rings. The fourth-order valence-electron chi connectivity index (χ4n) is 4.59. The summed E-state index contributed by atoms with van der Waals surface area (Å²) in [5.41, 5.74) is 0.327. The Morgan fingerprint density at radius 3 is 2.61 bits per heavy atom. The van der Waals surface area contributed by atoms with Crippen LogP contribution in [0, 0.1) is 0 Å². The highest BCUT2D eigenvalue weighted by Gasteiger charge is 2.43. The first-order chi connectivity index (χ1) is 14.8. The van der Waals surface area contributed by atoms with Gasteiger partial charge < -0.3 is 14.5 Å². The van der Waals surface area contributed by atoms with Crippen LogP contribution in [0.5, 0.6) is 5.75 Å². The van der Waals surface area contributed by atoms with Crippen LogP contribution in [0.3, 0.4) is 0 Å². The molecule has 2 amide bonds. The second-order valence-corrected chi connectivity index (χ2v) is 8.35. The zero-order chi connectivity index (χ0) is 22.2. The predicted molar refractivity (Wildman–Crippen MR) is 109 cm³/mol. The smallest absolute Gasteiger partial charge is 0.333 e. The van der Waals surface area contributed by atoms with E-state index >= 15 is 0 Å². The first kappa shape index (κ1) is 21.3. The molecule has 1 spiro atoms. The summed E-state index contributed by atoms with van der Waals surface area (Å²) in [5.74, 6) is 0.306. The van der Waals surface area contributed by atoms with Crippen LogP contribution in [0.2, 0.25) is 0 Å². The van der Waals surface area contributed by atoms with Crippen molar-refractivity contribution >= 4 is 11.8 Å². The van der Waals surface area contributed by atoms with Crippen LogP contribution in [0.25, 0.3) is 0 Å². The second-order valence-electron chi connectivity index (χ2n) is 8.35. The summed E-state index contributed by atoms with van der Waals surface area (Å²) in [6.45, 7) is -0.313. The number of para-hydroxylation sites is 1. The van der Waals surface area contributed by atoms with E-state index < -0.39 is 18.1 Å². The molecule has 1 aliphatic carbocycles. The molecule has 0 N–H and O–H groups in total. The van der Waals surface area contributed by atoms with E-state index in [0.29, 0.717) is 43.5 Å². The highest BCUT2D eigenvalue weighted by molar-refractivity contribution is 5.92. The lowest BCUT2D eigenvalue weighted by Crippen LogP contribution is -2.52. The summed E-state index contributed by atoms with van der Waals surface area (Å²) in [7, 11) is 1.64. The third-order valence-corrected chi connectivity index (χ3v) is 6.39. The van der Waals surface area contributed by atoms with Crippen molar-refractivity contribution in [2.75, 3.05) is 13.6 Å². The van der Waals surface area contributed by atoms with Gasteiger partial charge in [0.15, 0.2) is 0 Å². The highest BCUT2D eigenvalue weighted by Crippen LogP contribution is 2.39. The molecule has 7 nitrogen and oxygen atoms in total. The topological polar surface area (TPSA) is 67.7 Å². The van der Waals surface area contributed by atoms with E-state index in [-0.39, 0.29) is 17.6 Å². The molecule has 31 heavy (non-hydrogen) atoms. The fraction of sp³-hybridized carbons (Fsp3) is 0.500. The maximum atomic E-state index is 13.1. The van der Waals surface area contributed by atoms with Crippen molar-refractivity contribution in [3.8, 4) is 5.75 Å². The van der Waals surface area contributed by atoms with Gasteiger partial charge in [0.2, 0.25) is 5.91 Å². The molecule has 0 bridgehead atoms. The Hall–Kier alpha value is -2.97. The molecular formula is C22H26F2N4O3. The minimum Gasteiger partial charge on any atom is -0.485 e. The Bertz CT molecular complexity index is 969. The summed E-state index contributed by atoms with van der Waals surface area (Å²) in [6, 6.07) is 8.95. The molecule has 1 aromatic heterocycles. The van der Waals surface area contributed by atoms with E-state index in [2.05, 4.69) is 5.10 Å². The molecule has 1 fully saturated rings. The summed E-state index contributed by atoms with van der Waals surface area (Å²) >= 11 is 0. The molecule has 2 aliphatic rings. The lowest BCUT2D eigenvalue weighted by atomic mass is 9.81. The van der Waals surface area contributed by atoms with E-state index in [4.69, 9.17) is 4.74 Å². The van der Waals surface area contributed by atoms with Crippen molar-refractivity contribution in [2.24, 2.45) is 0 Å². The molecule has 9 heteroatoms. The molecule has 0 saturated heterocycles. The fourth-order valence-corrected chi connectivity index (χ4v) is 4.59. The third-order valence-electron chi connectivity index (χ3n) is 6.39. The molecule has 0 unspecified atom stereocenters. The standard InChI is InChI=1S/C22H26F2N4O3/c1-15(29)27-13-16-5-3-4-6-19(16)31-22(14-27)10-7-17(8-11-22)26(2)20(30)18-9-12-25-28(18)21(23)24/h3-6,9,12,17,21H,7-8,10-11,13-14H2,1-2H3. The van der Waals surface area contributed by atoms with E-state index in [1.165, 1.54) is 17.2 Å². The Kier molecular flexibility index (Phi) is 5.68. The molecule has 1 aliphatic heterocycles. The predicted octanol–water partition coefficient (Wildman–Crippen LogP) is 3.47. The summed E-state index contributed by atoms with van der Waals surface area (Å²) in [5, 5.41) is 3.55. The maximum absolute atomic E-state index is 13.1. The van der Waals surface area contributed by atoms with Gasteiger partial charge in [-0.3, -0.25) is 9.59 Å². The van der Waals surface area contributed by atoms with Gasteiger partial charge in [0.05, 0.1) is 6.54 Å². The zero-order valence-corrected chi connectivity index (χ0v) is 17.6. The number of alkyl halides is 2. The van der Waals surface area contributed by atoms with Crippen LogP contribution >= 0.6 is 0 Å². The van der Waals surface area contributed by atoms with Crippen LogP contribution in [0.1, 0.15) is 55.2 Å². The molecule has 166 valence electrons. The van der Waals surface area contributed by atoms with Crippen molar-refractivity contribution < 1.29 is 23.1 Å². The van der Waals surface area contributed by atoms with Crippen LogP contribution in [-0.2, 0) is 11.3 Å². The van der Waals surface area contributed by atoms with Gasteiger partial charge in [-0.2, -0.15) is 18.6 Å². The minimum atomic E-state index is -2.87. The number of halogens is 2. The number of carbonyl (C=O) groups is 2. The molecule has 0 atom stereocenters. The zero-order valence-electron chi connectivity index (χ0n) is 17.6. The first-order valence-electron chi connectivity index (χ1n) is 10.4. The van der Waals surface area contributed by atoms with Gasteiger partial charge in [0.25, 0.3) is 5.91 Å². The Labute approximate surface area is 179 Å². The maximum Gasteiger partial charge on any atom is 0.333 e. The molecular weight excluding hydrogens is 406 g/mol. The van der Waals surface area contributed by atoms with Crippen molar-refractivity contribution in [1.82, 2.24) is 19.6 Å². The number of fused-ring (bicyclic) bond motifs is 1. The average molecular weight is 432 g/mol. The second kappa shape index (κ2) is 8.28. The molecule has 4 rings (SSSR count). The van der Waals surface area contributed by atoms with E-state index in [0.717, 1.165) is 11.3 Å². The van der Waals surface area contributed by atoms with Crippen LogP contribution < -0.4 is 4.74 Å². The minimum absolute atomic E-state index is 0.00522. The largest absolute Gasteiger partial charge is 0.485 e. The number of carbonyl (C=O) groups excluding carboxylic acids is 2. The van der Waals surface area contributed by atoms with Gasteiger partial charge in [-0.05, 0) is 37.8 Å². The van der Waals surface area contributed by atoms with Crippen molar-refractivity contribution in [3.63, 3.8) is 0 Å². The number of ether oxygens (including phenoxy) is 1. The van der Waals surface area contributed by atoms with Crippen molar-refractivity contribution in [1.29, 1.82) is 0 Å². The van der Waals surface area contributed by atoms with Gasteiger partial charge in [-0.1, -0.05) is 18.2 Å². The number of rotatable bonds is 3. The summed E-state index contributed by atoms with van der Waals surface area (Å²) < 4.78 is 33.1. The number of hydrogen-bond acceptors (Lipinski definition) is 4. The molecule has 2 heterocycles. The Morgan fingerprint density at radius 2 is 1.94 bits per heavy atom. The van der Waals surface area contributed by atoms with E-state index in [9.17, 15) is 18.4 Å². The van der Waals surface area contributed by atoms with Gasteiger partial charge in [-0.25, -0.2) is 0 Å². The molecule has 1 aromatic carbocycles. The van der Waals surface area contributed by atoms with E-state index in [1.807, 2.05) is 29.2 Å². The molecule has 1 saturated carbocycles. The quantitative estimate of drug-likeness (QED) is 0.745. The van der Waals surface area contributed by atoms with Crippen LogP contribution in [0.15, 0.2) is 36.5 Å². The van der Waals surface area contributed by atoms with Gasteiger partial charge in [-0.15, -0.1) is 0 Å². The van der Waals surface area contributed by atoms with Gasteiger partial charge in [0.1, 0.15) is 17.0 Å². The average Bonchev–Trinajstić information content (AvgIpc) is 3.18. The number of hydrogen-bond donors (Lipinski definition) is 0. The van der Waals surface area contributed by atoms with Crippen molar-refractivity contribution in [3.05, 3.63) is 47.8 Å². The Morgan fingerprint density at radius 1 is 1.23 bits per heavy atom. The third kappa shape index (κ3) is 4.13. The SMILES string of the molecule is CC(=O)N1Cc2ccccc2OC2(CCC(N(C)C(=O)c3ccnn3C(F)F)CC2)C1. The van der Waals surface area contributed by atoms with E-state index in [1.54, 1.807) is 14.0 Å². The number of amides is 2. The van der Waals surface area contributed by atoms with Gasteiger partial charge >= 0.3 is 6.55 Å². The van der Waals surface area contributed by atoms with Gasteiger partial charge in [0, 0.05) is 38.3 Å². The normalized spacial score (nSPS) is 23.3. The summed E-state index contributed by atoms with van der Waals surface area (Å²) in [4.78, 5) is 28.4. The first-order valence-corrected chi connectivity index (χ1v) is 10.4. The van der Waals surface area contributed by atoms with Crippen molar-refractivity contribution in [2.45, 2.75) is 57.3 Å². The number of nitrogens with zero attached hydrogens (tertiary/aromatic N) is 4. The summed E-state index contributed by atoms with van der Waals surface area (Å²) in [6.07, 6.45) is 3.82. The Balaban J connectivity index is 1.49. The highest BCUT2D eigenvalue weighted by atomic mass is 19.3. The number of aromatic nitrogens is 2.